The van der Waals surface area contributed by atoms with E-state index in [9.17, 15) is 4.79 Å². The van der Waals surface area contributed by atoms with Gasteiger partial charge in [0.2, 0.25) is 5.91 Å². The van der Waals surface area contributed by atoms with Crippen molar-refractivity contribution in [2.45, 2.75) is 9.79 Å². The van der Waals surface area contributed by atoms with Crippen LogP contribution < -0.4 is 11.5 Å². The van der Waals surface area contributed by atoms with E-state index in [1.165, 1.54) is 11.8 Å². The number of hydrogen-bond acceptors (Lipinski definition) is 3. The van der Waals surface area contributed by atoms with Crippen molar-refractivity contribution in [1.29, 1.82) is 0 Å². The molecule has 0 saturated carbocycles. The zero-order valence-corrected chi connectivity index (χ0v) is 9.91. The van der Waals surface area contributed by atoms with Crippen molar-refractivity contribution >= 4 is 23.4 Å². The summed E-state index contributed by atoms with van der Waals surface area (Å²) in [7, 11) is 0. The van der Waals surface area contributed by atoms with E-state index in [1.54, 1.807) is 18.2 Å². The van der Waals surface area contributed by atoms with Crippen molar-refractivity contribution < 1.29 is 4.79 Å². The minimum Gasteiger partial charge on any atom is -0.398 e. The van der Waals surface area contributed by atoms with E-state index in [-0.39, 0.29) is 0 Å². The fourth-order valence-electron chi connectivity index (χ4n) is 1.47. The number of benzene rings is 2. The molecule has 17 heavy (non-hydrogen) atoms. The third-order valence-electron chi connectivity index (χ3n) is 2.27. The van der Waals surface area contributed by atoms with Gasteiger partial charge in [-0.3, -0.25) is 4.79 Å². The lowest BCUT2D eigenvalue weighted by molar-refractivity contribution is 0.0997. The maximum Gasteiger partial charge on any atom is 0.249 e. The van der Waals surface area contributed by atoms with Gasteiger partial charge in [-0.25, -0.2) is 0 Å². The van der Waals surface area contributed by atoms with Gasteiger partial charge < -0.3 is 11.5 Å². The van der Waals surface area contributed by atoms with Gasteiger partial charge in [-0.1, -0.05) is 36.0 Å². The van der Waals surface area contributed by atoms with Crippen LogP contribution in [0.1, 0.15) is 10.4 Å². The topological polar surface area (TPSA) is 69.1 Å². The molecule has 2 rings (SSSR count). The van der Waals surface area contributed by atoms with Crippen LogP contribution in [0.15, 0.2) is 58.3 Å². The number of nitrogen functional groups attached to an aromatic ring is 1. The Balaban J connectivity index is 2.41. The molecule has 0 radical (unpaired) electrons. The quantitative estimate of drug-likeness (QED) is 0.815. The normalized spacial score (nSPS) is 10.1. The van der Waals surface area contributed by atoms with Gasteiger partial charge in [0.05, 0.1) is 5.56 Å². The van der Waals surface area contributed by atoms with Gasteiger partial charge in [0, 0.05) is 15.5 Å². The molecule has 86 valence electrons. The second kappa shape index (κ2) is 4.93. The Morgan fingerprint density at radius 1 is 1.00 bits per heavy atom. The van der Waals surface area contributed by atoms with Crippen molar-refractivity contribution in [2.75, 3.05) is 5.73 Å². The van der Waals surface area contributed by atoms with Crippen LogP contribution in [-0.4, -0.2) is 5.91 Å². The summed E-state index contributed by atoms with van der Waals surface area (Å²) >= 11 is 1.44. The Kier molecular flexibility index (Phi) is 3.35. The lowest BCUT2D eigenvalue weighted by Crippen LogP contribution is -2.12. The molecule has 0 aromatic heterocycles. The number of rotatable bonds is 3. The second-order valence-electron chi connectivity index (χ2n) is 3.50. The summed E-state index contributed by atoms with van der Waals surface area (Å²) < 4.78 is 0. The Morgan fingerprint density at radius 2 is 1.71 bits per heavy atom. The third kappa shape index (κ3) is 2.60. The Labute approximate surface area is 104 Å². The summed E-state index contributed by atoms with van der Waals surface area (Å²) in [5, 5.41) is 0. The zero-order valence-electron chi connectivity index (χ0n) is 9.09. The summed E-state index contributed by atoms with van der Waals surface area (Å²) in [4.78, 5) is 13.1. The highest BCUT2D eigenvalue weighted by Gasteiger charge is 2.11. The van der Waals surface area contributed by atoms with Crippen LogP contribution in [0.25, 0.3) is 0 Å². The summed E-state index contributed by atoms with van der Waals surface area (Å²) in [5.74, 6) is -0.462. The first-order chi connectivity index (χ1) is 8.18. The molecule has 4 heteroatoms. The molecule has 0 aliphatic rings. The highest BCUT2D eigenvalue weighted by molar-refractivity contribution is 7.99. The Hall–Kier alpha value is -1.94. The molecule has 2 aromatic rings. The predicted molar refractivity (Wildman–Crippen MR) is 69.9 cm³/mol. The first-order valence-electron chi connectivity index (χ1n) is 5.09. The van der Waals surface area contributed by atoms with Crippen LogP contribution in [0.2, 0.25) is 0 Å². The predicted octanol–water partition coefficient (Wildman–Crippen LogP) is 2.52. The maximum absolute atomic E-state index is 11.3. The van der Waals surface area contributed by atoms with E-state index in [0.717, 1.165) is 4.90 Å². The first-order valence-corrected chi connectivity index (χ1v) is 5.91. The first kappa shape index (κ1) is 11.5. The van der Waals surface area contributed by atoms with E-state index in [2.05, 4.69) is 0 Å². The highest BCUT2D eigenvalue weighted by atomic mass is 32.2. The summed E-state index contributed by atoms with van der Waals surface area (Å²) in [6.45, 7) is 0. The molecule has 3 nitrogen and oxygen atoms in total. The summed E-state index contributed by atoms with van der Waals surface area (Å²) in [5.41, 5.74) is 12.2. The van der Waals surface area contributed by atoms with E-state index in [4.69, 9.17) is 11.5 Å². The largest absolute Gasteiger partial charge is 0.398 e. The minimum atomic E-state index is -0.462. The SMILES string of the molecule is NC(=O)c1cccc(N)c1Sc1ccccc1. The molecule has 0 aliphatic heterocycles. The summed E-state index contributed by atoms with van der Waals surface area (Å²) in [6.07, 6.45) is 0. The van der Waals surface area contributed by atoms with Gasteiger partial charge in [-0.15, -0.1) is 0 Å². The van der Waals surface area contributed by atoms with Gasteiger partial charge in [0.15, 0.2) is 0 Å². The number of carbonyl (C=O) groups excluding carboxylic acids is 1. The van der Waals surface area contributed by atoms with Crippen LogP contribution in [0, 0.1) is 0 Å². The van der Waals surface area contributed by atoms with E-state index < -0.39 is 5.91 Å². The van der Waals surface area contributed by atoms with Crippen molar-refractivity contribution in [1.82, 2.24) is 0 Å². The Morgan fingerprint density at radius 3 is 2.35 bits per heavy atom. The number of hydrogen-bond donors (Lipinski definition) is 2. The monoisotopic (exact) mass is 244 g/mol. The molecule has 0 saturated heterocycles. The molecule has 0 atom stereocenters. The second-order valence-corrected chi connectivity index (χ2v) is 4.59. The van der Waals surface area contributed by atoms with Crippen molar-refractivity contribution in [3.63, 3.8) is 0 Å². The van der Waals surface area contributed by atoms with Gasteiger partial charge in [0.25, 0.3) is 0 Å². The van der Waals surface area contributed by atoms with Crippen LogP contribution in [0.5, 0.6) is 0 Å². The molecule has 0 fully saturated rings. The van der Waals surface area contributed by atoms with Gasteiger partial charge >= 0.3 is 0 Å². The molecule has 0 aliphatic carbocycles. The molecular formula is C13H12N2OS. The fraction of sp³-hybridized carbons (Fsp3) is 0. The fourth-order valence-corrected chi connectivity index (χ4v) is 2.46. The molecule has 0 spiro atoms. The Bertz CT molecular complexity index is 540. The van der Waals surface area contributed by atoms with Crippen LogP contribution >= 0.6 is 11.8 Å². The zero-order chi connectivity index (χ0) is 12.3. The van der Waals surface area contributed by atoms with Crippen molar-refractivity contribution in [3.05, 3.63) is 54.1 Å². The molecule has 0 unspecified atom stereocenters. The van der Waals surface area contributed by atoms with Gasteiger partial charge in [-0.05, 0) is 24.3 Å². The molecule has 4 N–H and O–H groups in total. The minimum absolute atomic E-state index is 0.457. The van der Waals surface area contributed by atoms with Crippen molar-refractivity contribution in [2.24, 2.45) is 5.73 Å². The molecule has 0 bridgehead atoms. The highest BCUT2D eigenvalue weighted by Crippen LogP contribution is 2.34. The lowest BCUT2D eigenvalue weighted by atomic mass is 10.2. The van der Waals surface area contributed by atoms with E-state index in [0.29, 0.717) is 16.1 Å². The number of anilines is 1. The van der Waals surface area contributed by atoms with Crippen molar-refractivity contribution in [3.8, 4) is 0 Å². The average molecular weight is 244 g/mol. The van der Waals surface area contributed by atoms with Crippen LogP contribution in [0.4, 0.5) is 5.69 Å². The smallest absolute Gasteiger partial charge is 0.249 e. The summed E-state index contributed by atoms with van der Waals surface area (Å²) in [6, 6.07) is 14.9. The lowest BCUT2D eigenvalue weighted by Gasteiger charge is -2.09. The van der Waals surface area contributed by atoms with E-state index >= 15 is 0 Å². The molecular weight excluding hydrogens is 232 g/mol. The van der Waals surface area contributed by atoms with Gasteiger partial charge in [-0.2, -0.15) is 0 Å². The number of carbonyl (C=O) groups is 1. The molecule has 1 amide bonds. The maximum atomic E-state index is 11.3. The number of primary amides is 1. The molecule has 0 heterocycles. The van der Waals surface area contributed by atoms with Gasteiger partial charge in [0.1, 0.15) is 0 Å². The third-order valence-corrected chi connectivity index (χ3v) is 3.44. The molecule has 2 aromatic carbocycles. The average Bonchev–Trinajstić information content (AvgIpc) is 2.33. The van der Waals surface area contributed by atoms with Crippen LogP contribution in [-0.2, 0) is 0 Å². The van der Waals surface area contributed by atoms with Crippen LogP contribution in [0.3, 0.4) is 0 Å². The number of nitrogens with two attached hydrogens (primary N) is 2. The standard InChI is InChI=1S/C13H12N2OS/c14-11-8-4-7-10(13(15)16)12(11)17-9-5-2-1-3-6-9/h1-8H,14H2,(H2,15,16). The number of amides is 1. The van der Waals surface area contributed by atoms with E-state index in [1.807, 2.05) is 30.3 Å².